The maximum Gasteiger partial charge on any atom is 0.175 e. The number of nitrogens with zero attached hydrogens (tertiary/aromatic N) is 3. The van der Waals surface area contributed by atoms with E-state index in [2.05, 4.69) is 15.1 Å². The molecule has 0 saturated heterocycles. The number of fused-ring (bicyclic) bond motifs is 1. The van der Waals surface area contributed by atoms with Gasteiger partial charge in [-0.05, 0) is 18.2 Å². The van der Waals surface area contributed by atoms with Crippen molar-refractivity contribution in [2.24, 2.45) is 5.16 Å². The van der Waals surface area contributed by atoms with Gasteiger partial charge in [-0.25, -0.2) is 4.98 Å². The van der Waals surface area contributed by atoms with E-state index < -0.39 is 0 Å². The van der Waals surface area contributed by atoms with Crippen LogP contribution in [0.4, 0.5) is 0 Å². The van der Waals surface area contributed by atoms with E-state index in [-0.39, 0.29) is 23.8 Å². The number of benzene rings is 2. The number of allylic oxidation sites excluding steroid dienone is 1. The average molecular weight is 353 g/mol. The fourth-order valence-corrected chi connectivity index (χ4v) is 2.35. The Morgan fingerprint density at radius 2 is 2.04 bits per heavy atom. The van der Waals surface area contributed by atoms with Gasteiger partial charge in [0.2, 0.25) is 0 Å². The molecule has 1 aromatic heterocycles. The van der Waals surface area contributed by atoms with Crippen LogP contribution in [0.15, 0.2) is 59.4 Å². The van der Waals surface area contributed by atoms with Crippen molar-refractivity contribution in [1.29, 1.82) is 5.26 Å². The van der Waals surface area contributed by atoms with Gasteiger partial charge < -0.3 is 14.9 Å². The first kappa shape index (κ1) is 16.6. The number of hydrogen-bond donors (Lipinski definition) is 2. The SMILES string of the molecule is N#C/C(=C(/O)CON=Cc1ccccc1Cl)c1nc2ccccc2[nH]1. The van der Waals surface area contributed by atoms with Crippen molar-refractivity contribution in [3.63, 3.8) is 0 Å². The molecule has 0 saturated carbocycles. The molecule has 0 atom stereocenters. The summed E-state index contributed by atoms with van der Waals surface area (Å²) in [5.41, 5.74) is 2.17. The second kappa shape index (κ2) is 7.51. The highest BCUT2D eigenvalue weighted by Gasteiger charge is 2.13. The molecule has 0 aliphatic carbocycles. The second-order valence-electron chi connectivity index (χ2n) is 5.07. The molecule has 0 aliphatic heterocycles. The predicted octanol–water partition coefficient (Wildman–Crippen LogP) is 4.06. The molecule has 1 heterocycles. The van der Waals surface area contributed by atoms with E-state index in [9.17, 15) is 10.4 Å². The molecule has 0 spiro atoms. The third-order valence-electron chi connectivity index (χ3n) is 3.40. The Hall–Kier alpha value is -3.30. The minimum absolute atomic E-state index is 0.00384. The third kappa shape index (κ3) is 3.79. The summed E-state index contributed by atoms with van der Waals surface area (Å²) < 4.78 is 0. The van der Waals surface area contributed by atoms with Crippen LogP contribution in [0.5, 0.6) is 0 Å². The number of aromatic amines is 1. The van der Waals surface area contributed by atoms with Crippen LogP contribution in [-0.2, 0) is 4.84 Å². The highest BCUT2D eigenvalue weighted by atomic mass is 35.5. The molecule has 3 rings (SSSR count). The van der Waals surface area contributed by atoms with E-state index in [0.717, 1.165) is 5.52 Å². The lowest BCUT2D eigenvalue weighted by Gasteiger charge is -2.01. The number of aliphatic hydroxyl groups excluding tert-OH is 1. The maximum atomic E-state index is 10.1. The number of oxime groups is 1. The molecule has 124 valence electrons. The van der Waals surface area contributed by atoms with Crippen LogP contribution in [0.3, 0.4) is 0 Å². The van der Waals surface area contributed by atoms with Gasteiger partial charge in [-0.1, -0.05) is 47.1 Å². The molecule has 2 N–H and O–H groups in total. The summed E-state index contributed by atoms with van der Waals surface area (Å²) >= 11 is 6.00. The van der Waals surface area contributed by atoms with Gasteiger partial charge in [-0.3, -0.25) is 0 Å². The largest absolute Gasteiger partial charge is 0.507 e. The fraction of sp³-hybridized carbons (Fsp3) is 0.0556. The van der Waals surface area contributed by atoms with Crippen molar-refractivity contribution < 1.29 is 9.94 Å². The molecule has 7 heteroatoms. The normalized spacial score (nSPS) is 12.2. The second-order valence-corrected chi connectivity index (χ2v) is 5.47. The number of rotatable bonds is 5. The lowest BCUT2D eigenvalue weighted by molar-refractivity contribution is 0.139. The molecule has 0 aliphatic rings. The van der Waals surface area contributed by atoms with E-state index in [1.165, 1.54) is 6.21 Å². The lowest BCUT2D eigenvalue weighted by Crippen LogP contribution is -1.99. The van der Waals surface area contributed by atoms with Crippen molar-refractivity contribution in [3.8, 4) is 6.07 Å². The van der Waals surface area contributed by atoms with E-state index in [1.54, 1.807) is 12.1 Å². The molecule has 3 aromatic rings. The van der Waals surface area contributed by atoms with E-state index in [1.807, 2.05) is 42.5 Å². The summed E-state index contributed by atoms with van der Waals surface area (Å²) in [5.74, 6) is 0.0118. The van der Waals surface area contributed by atoms with E-state index in [0.29, 0.717) is 16.1 Å². The third-order valence-corrected chi connectivity index (χ3v) is 3.74. The molecule has 6 nitrogen and oxygen atoms in total. The van der Waals surface area contributed by atoms with Gasteiger partial charge in [0.05, 0.1) is 17.2 Å². The molecule has 0 unspecified atom stereocenters. The van der Waals surface area contributed by atoms with Crippen molar-refractivity contribution >= 4 is 34.4 Å². The number of nitriles is 1. The van der Waals surface area contributed by atoms with Crippen LogP contribution in [0.1, 0.15) is 11.4 Å². The Morgan fingerprint density at radius 3 is 2.80 bits per heavy atom. The Balaban J connectivity index is 1.74. The van der Waals surface area contributed by atoms with Crippen molar-refractivity contribution in [2.75, 3.05) is 6.61 Å². The number of H-pyrrole nitrogens is 1. The Morgan fingerprint density at radius 1 is 1.28 bits per heavy atom. The number of aromatic nitrogens is 2. The monoisotopic (exact) mass is 352 g/mol. The molecule has 0 amide bonds. The summed E-state index contributed by atoms with van der Waals surface area (Å²) in [5, 5.41) is 23.7. The van der Waals surface area contributed by atoms with E-state index in [4.69, 9.17) is 16.4 Å². The molecule has 0 fully saturated rings. The molecule has 0 bridgehead atoms. The lowest BCUT2D eigenvalue weighted by atomic mass is 10.2. The Bertz CT molecular complexity index is 968. The van der Waals surface area contributed by atoms with Crippen LogP contribution in [-0.4, -0.2) is 27.9 Å². The quantitative estimate of drug-likeness (QED) is 0.313. The van der Waals surface area contributed by atoms with Crippen LogP contribution in [0.25, 0.3) is 16.6 Å². The summed E-state index contributed by atoms with van der Waals surface area (Å²) in [4.78, 5) is 12.3. The zero-order chi connectivity index (χ0) is 17.6. The van der Waals surface area contributed by atoms with Crippen LogP contribution in [0, 0.1) is 11.3 Å². The van der Waals surface area contributed by atoms with Gasteiger partial charge in [0.1, 0.15) is 11.6 Å². The first-order valence-corrected chi connectivity index (χ1v) is 7.74. The van der Waals surface area contributed by atoms with Crippen LogP contribution in [0.2, 0.25) is 5.02 Å². The van der Waals surface area contributed by atoms with Gasteiger partial charge in [0.25, 0.3) is 0 Å². The molecule has 2 aromatic carbocycles. The Labute approximate surface area is 148 Å². The number of halogens is 1. The van der Waals surface area contributed by atoms with Gasteiger partial charge in [0.15, 0.2) is 18.2 Å². The zero-order valence-electron chi connectivity index (χ0n) is 13.0. The number of imidazole rings is 1. The van der Waals surface area contributed by atoms with Gasteiger partial charge in [-0.2, -0.15) is 5.26 Å². The molecular weight excluding hydrogens is 340 g/mol. The molecular formula is C18H13ClN4O2. The van der Waals surface area contributed by atoms with Crippen LogP contribution < -0.4 is 0 Å². The van der Waals surface area contributed by atoms with Gasteiger partial charge >= 0.3 is 0 Å². The minimum atomic E-state index is -0.266. The highest BCUT2D eigenvalue weighted by molar-refractivity contribution is 6.33. The summed E-state index contributed by atoms with van der Waals surface area (Å²) in [6.45, 7) is -0.263. The van der Waals surface area contributed by atoms with Crippen molar-refractivity contribution in [1.82, 2.24) is 9.97 Å². The van der Waals surface area contributed by atoms with Crippen molar-refractivity contribution in [2.45, 2.75) is 0 Å². The minimum Gasteiger partial charge on any atom is -0.507 e. The smallest absolute Gasteiger partial charge is 0.175 e. The van der Waals surface area contributed by atoms with Gasteiger partial charge in [-0.15, -0.1) is 0 Å². The Kier molecular flexibility index (Phi) is 4.97. The first-order valence-electron chi connectivity index (χ1n) is 7.36. The zero-order valence-corrected chi connectivity index (χ0v) is 13.7. The number of hydrogen-bond acceptors (Lipinski definition) is 5. The maximum absolute atomic E-state index is 10.1. The topological polar surface area (TPSA) is 94.3 Å². The average Bonchev–Trinajstić information content (AvgIpc) is 3.04. The molecule has 0 radical (unpaired) electrons. The van der Waals surface area contributed by atoms with E-state index >= 15 is 0 Å². The number of para-hydroxylation sites is 2. The standard InChI is InChI=1S/C18H13ClN4O2/c19-14-6-2-1-5-12(14)10-21-25-11-17(24)13(9-20)18-22-15-7-3-4-8-16(15)23-18/h1-8,10,24H,11H2,(H,22,23)/b17-13-,21-10?. The number of aliphatic hydroxyl groups is 1. The number of nitrogens with one attached hydrogen (secondary N) is 1. The predicted molar refractivity (Wildman–Crippen MR) is 96.3 cm³/mol. The van der Waals surface area contributed by atoms with Crippen LogP contribution >= 0.6 is 11.6 Å². The summed E-state index contributed by atoms with van der Waals surface area (Å²) in [6, 6.07) is 16.4. The van der Waals surface area contributed by atoms with Crippen molar-refractivity contribution in [3.05, 3.63) is 70.7 Å². The van der Waals surface area contributed by atoms with Gasteiger partial charge in [0, 0.05) is 10.6 Å². The highest BCUT2D eigenvalue weighted by Crippen LogP contribution is 2.19. The molecule has 25 heavy (non-hydrogen) atoms. The summed E-state index contributed by atoms with van der Waals surface area (Å²) in [7, 11) is 0. The summed E-state index contributed by atoms with van der Waals surface area (Å²) in [6.07, 6.45) is 1.43. The first-order chi connectivity index (χ1) is 12.2. The fourth-order valence-electron chi connectivity index (χ4n) is 2.17.